The maximum atomic E-state index is 12.4. The van der Waals surface area contributed by atoms with Gasteiger partial charge in [-0.05, 0) is 50.6 Å². The van der Waals surface area contributed by atoms with Crippen molar-refractivity contribution in [2.75, 3.05) is 5.32 Å². The predicted octanol–water partition coefficient (Wildman–Crippen LogP) is 4.74. The molecule has 23 heavy (non-hydrogen) atoms. The van der Waals surface area contributed by atoms with Crippen LogP contribution in [-0.4, -0.2) is 5.91 Å². The number of carbonyl (C=O) groups is 1. The topological polar surface area (TPSA) is 29.1 Å². The van der Waals surface area contributed by atoms with Crippen molar-refractivity contribution >= 4 is 17.2 Å². The van der Waals surface area contributed by atoms with Crippen molar-refractivity contribution in [3.05, 3.63) is 72.3 Å². The van der Waals surface area contributed by atoms with Crippen molar-refractivity contribution in [3.63, 3.8) is 0 Å². The molecule has 0 heterocycles. The van der Waals surface area contributed by atoms with Crippen molar-refractivity contribution < 1.29 is 4.79 Å². The van der Waals surface area contributed by atoms with Gasteiger partial charge in [0.05, 0.1) is 0 Å². The van der Waals surface area contributed by atoms with Gasteiger partial charge in [-0.3, -0.25) is 4.79 Å². The van der Waals surface area contributed by atoms with Crippen molar-refractivity contribution in [1.82, 2.24) is 0 Å². The summed E-state index contributed by atoms with van der Waals surface area (Å²) in [5.74, 6) is 6.02. The zero-order chi connectivity index (χ0) is 16.9. The van der Waals surface area contributed by atoms with Crippen molar-refractivity contribution in [3.8, 4) is 11.8 Å². The minimum Gasteiger partial charge on any atom is -0.325 e. The van der Waals surface area contributed by atoms with Gasteiger partial charge in [-0.15, -0.1) is 0 Å². The molecular formula is C21H21NO. The fraction of sp³-hybridized carbons (Fsp3) is 0.190. The van der Waals surface area contributed by atoms with E-state index in [1.54, 1.807) is 0 Å². The molecule has 0 fully saturated rings. The van der Waals surface area contributed by atoms with Crippen LogP contribution in [0.1, 0.15) is 31.9 Å². The largest absolute Gasteiger partial charge is 0.325 e. The van der Waals surface area contributed by atoms with E-state index in [-0.39, 0.29) is 5.91 Å². The lowest BCUT2D eigenvalue weighted by Crippen LogP contribution is -2.29. The van der Waals surface area contributed by atoms with Crippen LogP contribution in [0.25, 0.3) is 5.57 Å². The van der Waals surface area contributed by atoms with Gasteiger partial charge in [-0.25, -0.2) is 0 Å². The van der Waals surface area contributed by atoms with Gasteiger partial charge in [0.25, 0.3) is 0 Å². The van der Waals surface area contributed by atoms with Crippen molar-refractivity contribution in [2.24, 2.45) is 5.41 Å². The second-order valence-corrected chi connectivity index (χ2v) is 6.05. The van der Waals surface area contributed by atoms with E-state index in [0.29, 0.717) is 0 Å². The maximum absolute atomic E-state index is 12.4. The van der Waals surface area contributed by atoms with E-state index in [2.05, 4.69) is 23.7 Å². The fourth-order valence-electron chi connectivity index (χ4n) is 1.93. The van der Waals surface area contributed by atoms with Crippen LogP contribution in [0.2, 0.25) is 0 Å². The molecule has 1 N–H and O–H groups in total. The quantitative estimate of drug-likeness (QED) is 0.816. The zero-order valence-corrected chi connectivity index (χ0v) is 13.8. The number of carbonyl (C=O) groups excluding carboxylic acids is 1. The zero-order valence-electron chi connectivity index (χ0n) is 13.8. The summed E-state index contributed by atoms with van der Waals surface area (Å²) in [6, 6.07) is 17.3. The van der Waals surface area contributed by atoms with Gasteiger partial charge in [0, 0.05) is 11.3 Å². The first kappa shape index (κ1) is 16.6. The number of nitrogens with one attached hydrogen (secondary N) is 1. The van der Waals surface area contributed by atoms with Gasteiger partial charge in [-0.2, -0.15) is 0 Å². The molecule has 0 saturated carbocycles. The Hall–Kier alpha value is -2.79. The lowest BCUT2D eigenvalue weighted by atomic mass is 9.92. The highest BCUT2D eigenvalue weighted by atomic mass is 16.2. The molecule has 0 atom stereocenters. The lowest BCUT2D eigenvalue weighted by molar-refractivity contribution is -0.121. The summed E-state index contributed by atoms with van der Waals surface area (Å²) in [5.41, 5.74) is 3.00. The monoisotopic (exact) mass is 303 g/mol. The van der Waals surface area contributed by atoms with Crippen LogP contribution in [0.5, 0.6) is 0 Å². The molecule has 116 valence electrons. The van der Waals surface area contributed by atoms with Crippen LogP contribution in [0.15, 0.2) is 61.2 Å². The minimum absolute atomic E-state index is 0.116. The Morgan fingerprint density at radius 3 is 2.22 bits per heavy atom. The average Bonchev–Trinajstić information content (AvgIpc) is 2.54. The Kier molecular flexibility index (Phi) is 5.03. The molecule has 2 nitrogen and oxygen atoms in total. The number of benzene rings is 2. The molecule has 0 aliphatic heterocycles. The Bertz CT molecular complexity index is 759. The molecule has 0 unspecified atom stereocenters. The first-order valence-corrected chi connectivity index (χ1v) is 7.54. The van der Waals surface area contributed by atoms with Crippen LogP contribution < -0.4 is 5.32 Å². The van der Waals surface area contributed by atoms with Gasteiger partial charge in [-0.1, -0.05) is 54.3 Å². The Balaban J connectivity index is 2.11. The van der Waals surface area contributed by atoms with Gasteiger partial charge >= 0.3 is 0 Å². The highest BCUT2D eigenvalue weighted by molar-refractivity contribution is 5.96. The normalized spacial score (nSPS) is 10.4. The van der Waals surface area contributed by atoms with E-state index in [1.165, 1.54) is 0 Å². The molecule has 2 heteroatoms. The number of anilines is 1. The molecule has 0 radical (unpaired) electrons. The Morgan fingerprint density at radius 2 is 1.65 bits per heavy atom. The molecular weight excluding hydrogens is 282 g/mol. The first-order valence-electron chi connectivity index (χ1n) is 7.54. The molecule has 0 aliphatic carbocycles. The SMILES string of the molecule is C=C(C)c1ccc(C#CC(C)(C)C(=O)Nc2ccccc2)cc1. The third-order valence-corrected chi connectivity index (χ3v) is 3.50. The second kappa shape index (κ2) is 6.98. The molecule has 1 amide bonds. The number of para-hydroxylation sites is 1. The average molecular weight is 303 g/mol. The van der Waals surface area contributed by atoms with Crippen LogP contribution in [0, 0.1) is 17.3 Å². The molecule has 0 saturated heterocycles. The first-order chi connectivity index (χ1) is 10.9. The minimum atomic E-state index is -0.775. The molecule has 2 aromatic rings. The third kappa shape index (κ3) is 4.59. The smallest absolute Gasteiger partial charge is 0.242 e. The standard InChI is InChI=1S/C21H21NO/c1-16(2)18-12-10-17(11-13-18)14-15-21(3,4)20(23)22-19-8-6-5-7-9-19/h5-13H,1H2,2-4H3,(H,22,23). The summed E-state index contributed by atoms with van der Waals surface area (Å²) in [6.07, 6.45) is 0. The second-order valence-electron chi connectivity index (χ2n) is 6.05. The molecule has 0 aromatic heterocycles. The maximum Gasteiger partial charge on any atom is 0.242 e. The van der Waals surface area contributed by atoms with E-state index in [0.717, 1.165) is 22.4 Å². The van der Waals surface area contributed by atoms with Gasteiger partial charge in [0.15, 0.2) is 0 Å². The molecule has 2 aromatic carbocycles. The van der Waals surface area contributed by atoms with E-state index in [1.807, 2.05) is 75.4 Å². The van der Waals surface area contributed by atoms with E-state index < -0.39 is 5.41 Å². The van der Waals surface area contributed by atoms with Gasteiger partial charge in [0.2, 0.25) is 5.91 Å². The van der Waals surface area contributed by atoms with Crippen molar-refractivity contribution in [2.45, 2.75) is 20.8 Å². The van der Waals surface area contributed by atoms with Gasteiger partial charge < -0.3 is 5.32 Å². The van der Waals surface area contributed by atoms with Crippen molar-refractivity contribution in [1.29, 1.82) is 0 Å². The fourth-order valence-corrected chi connectivity index (χ4v) is 1.93. The van der Waals surface area contributed by atoms with Crippen LogP contribution in [-0.2, 0) is 4.79 Å². The number of hydrogen-bond donors (Lipinski definition) is 1. The molecule has 0 spiro atoms. The van der Waals surface area contributed by atoms with Crippen LogP contribution in [0.3, 0.4) is 0 Å². The summed E-state index contributed by atoms with van der Waals surface area (Å²) < 4.78 is 0. The number of allylic oxidation sites excluding steroid dienone is 1. The van der Waals surface area contributed by atoms with E-state index in [9.17, 15) is 4.79 Å². The highest BCUT2D eigenvalue weighted by Crippen LogP contribution is 2.18. The summed E-state index contributed by atoms with van der Waals surface area (Å²) in [4.78, 5) is 12.4. The summed E-state index contributed by atoms with van der Waals surface area (Å²) >= 11 is 0. The number of hydrogen-bond acceptors (Lipinski definition) is 1. The molecule has 0 bridgehead atoms. The van der Waals surface area contributed by atoms with Crippen LogP contribution in [0.4, 0.5) is 5.69 Å². The number of rotatable bonds is 3. The van der Waals surface area contributed by atoms with Crippen LogP contribution >= 0.6 is 0 Å². The summed E-state index contributed by atoms with van der Waals surface area (Å²) in [6.45, 7) is 9.52. The Labute approximate surface area is 138 Å². The third-order valence-electron chi connectivity index (χ3n) is 3.50. The summed E-state index contributed by atoms with van der Waals surface area (Å²) in [5, 5.41) is 2.89. The number of amides is 1. The highest BCUT2D eigenvalue weighted by Gasteiger charge is 2.25. The predicted molar refractivity (Wildman–Crippen MR) is 96.9 cm³/mol. The molecule has 2 rings (SSSR count). The lowest BCUT2D eigenvalue weighted by Gasteiger charge is -2.17. The summed E-state index contributed by atoms with van der Waals surface area (Å²) in [7, 11) is 0. The Morgan fingerprint density at radius 1 is 1.04 bits per heavy atom. The molecule has 0 aliphatic rings. The van der Waals surface area contributed by atoms with E-state index in [4.69, 9.17) is 0 Å². The van der Waals surface area contributed by atoms with E-state index >= 15 is 0 Å². The van der Waals surface area contributed by atoms with Gasteiger partial charge in [0.1, 0.15) is 5.41 Å².